The molecule has 0 bridgehead atoms. The van der Waals surface area contributed by atoms with Crippen molar-refractivity contribution >= 4 is 5.91 Å². The first-order valence-electron chi connectivity index (χ1n) is 5.90. The number of amides is 1. The average Bonchev–Trinajstić information content (AvgIpc) is 2.23. The van der Waals surface area contributed by atoms with Crippen LogP contribution in [0.25, 0.3) is 0 Å². The Balaban J connectivity index is 1.68. The molecule has 0 unspecified atom stereocenters. The van der Waals surface area contributed by atoms with E-state index in [9.17, 15) is 4.79 Å². The normalized spacial score (nSPS) is 23.9. The molecule has 0 saturated carbocycles. The highest BCUT2D eigenvalue weighted by Gasteiger charge is 2.28. The van der Waals surface area contributed by atoms with Crippen LogP contribution in [0.4, 0.5) is 0 Å². The second kappa shape index (κ2) is 4.94. The van der Waals surface area contributed by atoms with E-state index >= 15 is 0 Å². The molecule has 2 saturated heterocycles. The Hall–Kier alpha value is -0.610. The van der Waals surface area contributed by atoms with Gasteiger partial charge in [-0.3, -0.25) is 9.69 Å². The van der Waals surface area contributed by atoms with Crippen LogP contribution in [0.15, 0.2) is 0 Å². The molecule has 0 aromatic carbocycles. The Kier molecular flexibility index (Phi) is 3.59. The number of rotatable bonds is 3. The molecule has 0 spiro atoms. The SMILES string of the molecule is O=C(CN1CC(CO)C1)N1CCCCC1. The molecular formula is C11H20N2O2. The summed E-state index contributed by atoms with van der Waals surface area (Å²) in [5.41, 5.74) is 0. The summed E-state index contributed by atoms with van der Waals surface area (Å²) in [5, 5.41) is 8.86. The van der Waals surface area contributed by atoms with Crippen LogP contribution in [0, 0.1) is 5.92 Å². The van der Waals surface area contributed by atoms with Crippen molar-refractivity contribution in [1.82, 2.24) is 9.80 Å². The third kappa shape index (κ3) is 2.69. The molecule has 2 aliphatic rings. The summed E-state index contributed by atoms with van der Waals surface area (Å²) >= 11 is 0. The Labute approximate surface area is 90.9 Å². The molecule has 2 aliphatic heterocycles. The number of aliphatic hydroxyl groups excluding tert-OH is 1. The van der Waals surface area contributed by atoms with Crippen molar-refractivity contribution in [2.75, 3.05) is 39.3 Å². The van der Waals surface area contributed by atoms with Gasteiger partial charge in [0.1, 0.15) is 0 Å². The zero-order valence-corrected chi connectivity index (χ0v) is 9.19. The maximum absolute atomic E-state index is 11.8. The van der Waals surface area contributed by atoms with Gasteiger partial charge >= 0.3 is 0 Å². The molecule has 0 atom stereocenters. The van der Waals surface area contributed by atoms with Crippen LogP contribution in [0.2, 0.25) is 0 Å². The van der Waals surface area contributed by atoms with Gasteiger partial charge in [0.15, 0.2) is 0 Å². The standard InChI is InChI=1S/C11H20N2O2/c14-9-10-6-12(7-10)8-11(15)13-4-2-1-3-5-13/h10,14H,1-9H2. The summed E-state index contributed by atoms with van der Waals surface area (Å²) in [7, 11) is 0. The van der Waals surface area contributed by atoms with Crippen molar-refractivity contribution in [3.05, 3.63) is 0 Å². The van der Waals surface area contributed by atoms with E-state index < -0.39 is 0 Å². The Morgan fingerprint density at radius 1 is 1.20 bits per heavy atom. The summed E-state index contributed by atoms with van der Waals surface area (Å²) in [4.78, 5) is 15.9. The number of carbonyl (C=O) groups excluding carboxylic acids is 1. The van der Waals surface area contributed by atoms with E-state index in [0.29, 0.717) is 12.5 Å². The summed E-state index contributed by atoms with van der Waals surface area (Å²) < 4.78 is 0. The molecule has 2 rings (SSSR count). The molecular weight excluding hydrogens is 192 g/mol. The predicted molar refractivity (Wildman–Crippen MR) is 57.4 cm³/mol. The lowest BCUT2D eigenvalue weighted by Gasteiger charge is -2.39. The zero-order chi connectivity index (χ0) is 10.7. The second-order valence-electron chi connectivity index (χ2n) is 4.68. The third-order valence-corrected chi connectivity index (χ3v) is 3.36. The minimum atomic E-state index is 0.258. The van der Waals surface area contributed by atoms with Gasteiger partial charge in [-0.2, -0.15) is 0 Å². The number of hydrogen-bond acceptors (Lipinski definition) is 3. The zero-order valence-electron chi connectivity index (χ0n) is 9.19. The van der Waals surface area contributed by atoms with Gasteiger partial charge in [-0.1, -0.05) is 0 Å². The van der Waals surface area contributed by atoms with E-state index in [4.69, 9.17) is 5.11 Å². The summed E-state index contributed by atoms with van der Waals surface area (Å²) in [6, 6.07) is 0. The molecule has 2 fully saturated rings. The van der Waals surface area contributed by atoms with Gasteiger partial charge in [-0.15, -0.1) is 0 Å². The van der Waals surface area contributed by atoms with E-state index in [0.717, 1.165) is 39.0 Å². The van der Waals surface area contributed by atoms with Gasteiger partial charge in [0.25, 0.3) is 0 Å². The van der Waals surface area contributed by atoms with Crippen LogP contribution < -0.4 is 0 Å². The predicted octanol–water partition coefficient (Wildman–Crippen LogP) is -0.0770. The maximum Gasteiger partial charge on any atom is 0.236 e. The molecule has 86 valence electrons. The molecule has 0 aromatic heterocycles. The molecule has 0 radical (unpaired) electrons. The van der Waals surface area contributed by atoms with Crippen molar-refractivity contribution in [1.29, 1.82) is 0 Å². The lowest BCUT2D eigenvalue weighted by Crippen LogP contribution is -2.53. The molecule has 1 amide bonds. The first kappa shape index (κ1) is 10.9. The van der Waals surface area contributed by atoms with Crippen LogP contribution in [-0.4, -0.2) is 60.1 Å². The number of hydrogen-bond donors (Lipinski definition) is 1. The first-order chi connectivity index (χ1) is 7.29. The monoisotopic (exact) mass is 212 g/mol. The van der Waals surface area contributed by atoms with Crippen molar-refractivity contribution in [3.63, 3.8) is 0 Å². The van der Waals surface area contributed by atoms with Crippen molar-refractivity contribution in [3.8, 4) is 0 Å². The van der Waals surface area contributed by atoms with E-state index in [1.54, 1.807) is 0 Å². The van der Waals surface area contributed by atoms with E-state index in [1.165, 1.54) is 6.42 Å². The highest BCUT2D eigenvalue weighted by Crippen LogP contribution is 2.15. The minimum Gasteiger partial charge on any atom is -0.396 e. The fourth-order valence-corrected chi connectivity index (χ4v) is 2.36. The molecule has 0 aliphatic carbocycles. The summed E-state index contributed by atoms with van der Waals surface area (Å²) in [5.74, 6) is 0.672. The molecule has 4 nitrogen and oxygen atoms in total. The Bertz CT molecular complexity index is 221. The molecule has 0 aromatic rings. The Morgan fingerprint density at radius 3 is 2.47 bits per heavy atom. The average molecular weight is 212 g/mol. The van der Waals surface area contributed by atoms with Crippen LogP contribution >= 0.6 is 0 Å². The quantitative estimate of drug-likeness (QED) is 0.712. The number of piperidine rings is 1. The number of aliphatic hydroxyl groups is 1. The lowest BCUT2D eigenvalue weighted by atomic mass is 10.0. The minimum absolute atomic E-state index is 0.258. The first-order valence-corrected chi connectivity index (χ1v) is 5.90. The van der Waals surface area contributed by atoms with E-state index in [1.807, 2.05) is 4.90 Å². The highest BCUT2D eigenvalue weighted by atomic mass is 16.3. The lowest BCUT2D eigenvalue weighted by molar-refractivity contribution is -0.135. The smallest absolute Gasteiger partial charge is 0.236 e. The van der Waals surface area contributed by atoms with Crippen LogP contribution in [0.3, 0.4) is 0 Å². The summed E-state index contributed by atoms with van der Waals surface area (Å²) in [6.45, 7) is 4.46. The van der Waals surface area contributed by atoms with Crippen LogP contribution in [0.1, 0.15) is 19.3 Å². The number of carbonyl (C=O) groups is 1. The fraction of sp³-hybridized carbons (Fsp3) is 0.909. The molecule has 15 heavy (non-hydrogen) atoms. The summed E-state index contributed by atoms with van der Waals surface area (Å²) in [6.07, 6.45) is 3.58. The second-order valence-corrected chi connectivity index (χ2v) is 4.68. The van der Waals surface area contributed by atoms with E-state index in [2.05, 4.69) is 4.90 Å². The molecule has 4 heteroatoms. The van der Waals surface area contributed by atoms with Gasteiger partial charge in [-0.25, -0.2) is 0 Å². The Morgan fingerprint density at radius 2 is 1.87 bits per heavy atom. The van der Waals surface area contributed by atoms with Gasteiger partial charge in [0.05, 0.1) is 6.54 Å². The van der Waals surface area contributed by atoms with Gasteiger partial charge in [0, 0.05) is 38.7 Å². The maximum atomic E-state index is 11.8. The molecule has 1 N–H and O–H groups in total. The van der Waals surface area contributed by atoms with Crippen molar-refractivity contribution < 1.29 is 9.90 Å². The van der Waals surface area contributed by atoms with Crippen molar-refractivity contribution in [2.24, 2.45) is 5.92 Å². The fourth-order valence-electron chi connectivity index (χ4n) is 2.36. The van der Waals surface area contributed by atoms with Crippen molar-refractivity contribution in [2.45, 2.75) is 19.3 Å². The topological polar surface area (TPSA) is 43.8 Å². The van der Waals surface area contributed by atoms with Gasteiger partial charge in [-0.05, 0) is 19.3 Å². The highest BCUT2D eigenvalue weighted by molar-refractivity contribution is 5.78. The van der Waals surface area contributed by atoms with Gasteiger partial charge < -0.3 is 10.0 Å². The number of nitrogens with zero attached hydrogens (tertiary/aromatic N) is 2. The largest absolute Gasteiger partial charge is 0.396 e. The molecule has 2 heterocycles. The van der Waals surface area contributed by atoms with E-state index in [-0.39, 0.29) is 12.5 Å². The van der Waals surface area contributed by atoms with Gasteiger partial charge in [0.2, 0.25) is 5.91 Å². The van der Waals surface area contributed by atoms with Crippen LogP contribution in [-0.2, 0) is 4.79 Å². The third-order valence-electron chi connectivity index (χ3n) is 3.36. The van der Waals surface area contributed by atoms with Crippen LogP contribution in [0.5, 0.6) is 0 Å². The number of likely N-dealkylation sites (tertiary alicyclic amines) is 2.